The van der Waals surface area contributed by atoms with Gasteiger partial charge in [-0.15, -0.1) is 0 Å². The summed E-state index contributed by atoms with van der Waals surface area (Å²) >= 11 is 0. The molecule has 0 bridgehead atoms. The van der Waals surface area contributed by atoms with Gasteiger partial charge in [-0.25, -0.2) is 17.8 Å². The number of hydrogen-bond acceptors (Lipinski definition) is 6. The van der Waals surface area contributed by atoms with Crippen LogP contribution in [0, 0.1) is 12.7 Å². The average molecular weight is 466 g/mol. The lowest BCUT2D eigenvalue weighted by Gasteiger charge is -2.15. The van der Waals surface area contributed by atoms with Crippen molar-refractivity contribution in [2.24, 2.45) is 0 Å². The number of halogens is 4. The number of sulfone groups is 1. The highest BCUT2D eigenvalue weighted by molar-refractivity contribution is 7.91. The maximum atomic E-state index is 13.3. The Hall–Kier alpha value is -2.73. The molecule has 2 aromatic rings. The fourth-order valence-corrected chi connectivity index (χ4v) is 3.75. The van der Waals surface area contributed by atoms with Gasteiger partial charge in [0.2, 0.25) is 0 Å². The van der Waals surface area contributed by atoms with E-state index in [4.69, 9.17) is 9.84 Å². The van der Waals surface area contributed by atoms with Gasteiger partial charge in [-0.2, -0.15) is 13.2 Å². The first-order valence-corrected chi connectivity index (χ1v) is 10.1. The Kier molecular flexibility index (Phi) is 8.53. The standard InChI is InChI=1S/C18H18F4N2O5S.CH4/c1-10-13(19)4-6-16(23-10)24-17(26)12-9-11(3-5-14(12)29-2)30(27,28)8-7-15(25)18(20,21)22;/h3-6,9,15,25H,7-8H2,1-2H3,(H,23,24,26);1H4/t15-;/m1./s1. The summed E-state index contributed by atoms with van der Waals surface area (Å²) < 4.78 is 80.3. The maximum Gasteiger partial charge on any atom is 0.414 e. The summed E-state index contributed by atoms with van der Waals surface area (Å²) in [6.07, 6.45) is -8.79. The summed E-state index contributed by atoms with van der Waals surface area (Å²) in [6, 6.07) is 5.48. The summed E-state index contributed by atoms with van der Waals surface area (Å²) in [5.74, 6) is -2.39. The molecule has 0 radical (unpaired) electrons. The van der Waals surface area contributed by atoms with Gasteiger partial charge in [0.15, 0.2) is 15.9 Å². The first kappa shape index (κ1) is 26.3. The Morgan fingerprint density at radius 2 is 1.90 bits per heavy atom. The third-order valence-corrected chi connectivity index (χ3v) is 5.82. The molecule has 0 aliphatic rings. The fraction of sp³-hybridized carbons (Fsp3) is 0.368. The Morgan fingerprint density at radius 1 is 1.26 bits per heavy atom. The van der Waals surface area contributed by atoms with E-state index >= 15 is 0 Å². The number of aliphatic hydroxyl groups excluding tert-OH is 1. The van der Waals surface area contributed by atoms with E-state index in [-0.39, 0.29) is 30.3 Å². The zero-order chi connectivity index (χ0) is 22.7. The topological polar surface area (TPSA) is 106 Å². The van der Waals surface area contributed by atoms with Crippen molar-refractivity contribution < 1.29 is 40.6 Å². The van der Waals surface area contributed by atoms with Crippen molar-refractivity contribution >= 4 is 21.6 Å². The third-order valence-electron chi connectivity index (χ3n) is 4.08. The van der Waals surface area contributed by atoms with Gasteiger partial charge in [-0.3, -0.25) is 4.79 Å². The van der Waals surface area contributed by atoms with Crippen molar-refractivity contribution in [2.45, 2.75) is 37.9 Å². The number of carbonyl (C=O) groups excluding carboxylic acids is 1. The quantitative estimate of drug-likeness (QED) is 0.605. The number of anilines is 1. The molecule has 1 heterocycles. The molecule has 0 spiro atoms. The zero-order valence-corrected chi connectivity index (χ0v) is 16.6. The minimum atomic E-state index is -4.94. The van der Waals surface area contributed by atoms with E-state index in [2.05, 4.69) is 10.3 Å². The highest BCUT2D eigenvalue weighted by atomic mass is 32.2. The minimum absolute atomic E-state index is 0. The van der Waals surface area contributed by atoms with E-state index in [1.807, 2.05) is 0 Å². The Morgan fingerprint density at radius 3 is 2.45 bits per heavy atom. The fourth-order valence-electron chi connectivity index (χ4n) is 2.40. The van der Waals surface area contributed by atoms with Gasteiger partial charge in [0, 0.05) is 0 Å². The monoisotopic (exact) mass is 466 g/mol. The van der Waals surface area contributed by atoms with Crippen molar-refractivity contribution in [2.75, 3.05) is 18.2 Å². The molecule has 0 saturated carbocycles. The van der Waals surface area contributed by atoms with Crippen LogP contribution in [0.2, 0.25) is 0 Å². The SMILES string of the molecule is C.COc1ccc(S(=O)(=O)CC[C@@H](O)C(F)(F)F)cc1C(=O)Nc1ccc(F)c(C)n1. The number of nitrogens with zero attached hydrogens (tertiary/aromatic N) is 1. The van der Waals surface area contributed by atoms with E-state index in [0.29, 0.717) is 0 Å². The first-order chi connectivity index (χ1) is 13.8. The second kappa shape index (κ2) is 10.1. The molecule has 7 nitrogen and oxygen atoms in total. The van der Waals surface area contributed by atoms with Crippen molar-refractivity contribution in [1.29, 1.82) is 0 Å². The number of aliphatic hydroxyl groups is 1. The van der Waals surface area contributed by atoms with Crippen LogP contribution in [0.3, 0.4) is 0 Å². The van der Waals surface area contributed by atoms with E-state index in [1.165, 1.54) is 26.2 Å². The molecule has 1 amide bonds. The lowest BCUT2D eigenvalue weighted by molar-refractivity contribution is -0.203. The van der Waals surface area contributed by atoms with Crippen molar-refractivity contribution in [3.05, 3.63) is 47.4 Å². The summed E-state index contributed by atoms with van der Waals surface area (Å²) in [4.78, 5) is 16.0. The maximum absolute atomic E-state index is 13.3. The number of amides is 1. The van der Waals surface area contributed by atoms with Crippen LogP contribution in [0.15, 0.2) is 35.2 Å². The molecule has 1 aromatic heterocycles. The number of carbonyl (C=O) groups is 1. The number of aryl methyl sites for hydroxylation is 1. The van der Waals surface area contributed by atoms with Crippen LogP contribution < -0.4 is 10.1 Å². The summed E-state index contributed by atoms with van der Waals surface area (Å²) in [6.45, 7) is 1.38. The van der Waals surface area contributed by atoms with Crippen LogP contribution in [0.5, 0.6) is 5.75 Å². The Labute approximate surface area is 177 Å². The molecule has 172 valence electrons. The molecule has 0 aliphatic heterocycles. The molecule has 2 N–H and O–H groups in total. The predicted molar refractivity (Wildman–Crippen MR) is 105 cm³/mol. The average Bonchev–Trinajstić information content (AvgIpc) is 2.67. The van der Waals surface area contributed by atoms with Gasteiger partial charge >= 0.3 is 6.18 Å². The van der Waals surface area contributed by atoms with Gasteiger partial charge in [0.1, 0.15) is 17.4 Å². The highest BCUT2D eigenvalue weighted by Gasteiger charge is 2.38. The molecule has 2 rings (SSSR count). The molecule has 12 heteroatoms. The predicted octanol–water partition coefficient (Wildman–Crippen LogP) is 3.51. The Bertz CT molecular complexity index is 1040. The summed E-state index contributed by atoms with van der Waals surface area (Å²) in [5, 5.41) is 11.4. The number of rotatable bonds is 7. The summed E-state index contributed by atoms with van der Waals surface area (Å²) in [5.41, 5.74) is -0.196. The third kappa shape index (κ3) is 6.62. The zero-order valence-electron chi connectivity index (χ0n) is 15.8. The number of alkyl halides is 3. The normalized spacial score (nSPS) is 12.6. The summed E-state index contributed by atoms with van der Waals surface area (Å²) in [7, 11) is -3.01. The lowest BCUT2D eigenvalue weighted by Crippen LogP contribution is -2.30. The van der Waals surface area contributed by atoms with Crippen LogP contribution >= 0.6 is 0 Å². The van der Waals surface area contributed by atoms with E-state index in [1.54, 1.807) is 0 Å². The molecule has 1 atom stereocenters. The molecular formula is C19H22F4N2O5S. The van der Waals surface area contributed by atoms with Crippen LogP contribution in [-0.4, -0.2) is 49.6 Å². The smallest absolute Gasteiger partial charge is 0.414 e. The molecule has 0 saturated heterocycles. The van der Waals surface area contributed by atoms with Crippen LogP contribution in [0.4, 0.5) is 23.4 Å². The van der Waals surface area contributed by atoms with E-state index in [0.717, 1.165) is 18.2 Å². The van der Waals surface area contributed by atoms with Crippen molar-refractivity contribution in [3.8, 4) is 5.75 Å². The van der Waals surface area contributed by atoms with Gasteiger partial charge in [0.05, 0.1) is 29.0 Å². The van der Waals surface area contributed by atoms with Crippen LogP contribution in [0.1, 0.15) is 29.9 Å². The number of benzene rings is 1. The lowest BCUT2D eigenvalue weighted by atomic mass is 10.2. The molecular weight excluding hydrogens is 444 g/mol. The van der Waals surface area contributed by atoms with Gasteiger partial charge in [-0.05, 0) is 43.7 Å². The number of nitrogens with one attached hydrogen (secondary N) is 1. The number of hydrogen-bond donors (Lipinski definition) is 2. The molecule has 0 unspecified atom stereocenters. The largest absolute Gasteiger partial charge is 0.496 e. The molecule has 0 fully saturated rings. The van der Waals surface area contributed by atoms with Crippen molar-refractivity contribution in [3.63, 3.8) is 0 Å². The van der Waals surface area contributed by atoms with E-state index < -0.39 is 50.9 Å². The minimum Gasteiger partial charge on any atom is -0.496 e. The second-order valence-electron chi connectivity index (χ2n) is 6.24. The number of ether oxygens (including phenoxy) is 1. The Balaban J connectivity index is 0.00000480. The number of aromatic nitrogens is 1. The first-order valence-electron chi connectivity index (χ1n) is 8.45. The van der Waals surface area contributed by atoms with E-state index in [9.17, 15) is 30.8 Å². The molecule has 1 aromatic carbocycles. The number of pyridine rings is 1. The second-order valence-corrected chi connectivity index (χ2v) is 8.35. The molecule has 0 aliphatic carbocycles. The number of methoxy groups -OCH3 is 1. The van der Waals surface area contributed by atoms with Crippen LogP contribution in [-0.2, 0) is 9.84 Å². The molecule has 31 heavy (non-hydrogen) atoms. The van der Waals surface area contributed by atoms with Gasteiger partial charge < -0.3 is 15.2 Å². The van der Waals surface area contributed by atoms with Crippen LogP contribution in [0.25, 0.3) is 0 Å². The van der Waals surface area contributed by atoms with Crippen molar-refractivity contribution in [1.82, 2.24) is 4.98 Å². The highest BCUT2D eigenvalue weighted by Crippen LogP contribution is 2.27. The van der Waals surface area contributed by atoms with Gasteiger partial charge in [-0.1, -0.05) is 7.43 Å². The van der Waals surface area contributed by atoms with Gasteiger partial charge in [0.25, 0.3) is 5.91 Å².